The number of piperazine rings is 1. The van der Waals surface area contributed by atoms with Crippen LogP contribution < -0.4 is 19.7 Å². The van der Waals surface area contributed by atoms with Gasteiger partial charge in [0.25, 0.3) is 0 Å². The first-order valence-electron chi connectivity index (χ1n) is 10.3. The fourth-order valence-corrected chi connectivity index (χ4v) is 4.62. The number of rotatable bonds is 7. The van der Waals surface area contributed by atoms with Crippen LogP contribution in [0.5, 0.6) is 11.5 Å². The molecule has 168 valence electrons. The van der Waals surface area contributed by atoms with E-state index in [0.29, 0.717) is 24.0 Å². The summed E-state index contributed by atoms with van der Waals surface area (Å²) < 4.78 is 10.7. The molecule has 1 saturated heterocycles. The molecular formula is C23H25ClN4O3S. The van der Waals surface area contributed by atoms with Crippen molar-refractivity contribution in [2.75, 3.05) is 50.6 Å². The number of hydrogen-bond acceptors (Lipinski definition) is 7. The molecule has 0 atom stereocenters. The molecular weight excluding hydrogens is 448 g/mol. The number of carbonyl (C=O) groups excluding carboxylic acids is 1. The van der Waals surface area contributed by atoms with Crippen molar-refractivity contribution in [1.29, 1.82) is 0 Å². The number of hydrogen-bond donors (Lipinski definition) is 1. The summed E-state index contributed by atoms with van der Waals surface area (Å²) in [5.41, 5.74) is 2.53. The van der Waals surface area contributed by atoms with Crippen molar-refractivity contribution >= 4 is 45.4 Å². The number of amides is 1. The van der Waals surface area contributed by atoms with Gasteiger partial charge in [0.05, 0.1) is 42.7 Å². The van der Waals surface area contributed by atoms with Crippen molar-refractivity contribution in [3.63, 3.8) is 0 Å². The van der Waals surface area contributed by atoms with Crippen LogP contribution >= 0.6 is 22.9 Å². The summed E-state index contributed by atoms with van der Waals surface area (Å²) in [5, 5.41) is 6.60. The highest BCUT2D eigenvalue weighted by Gasteiger charge is 2.23. The van der Waals surface area contributed by atoms with E-state index >= 15 is 0 Å². The first kappa shape index (κ1) is 22.2. The van der Waals surface area contributed by atoms with Crippen LogP contribution in [0.15, 0.2) is 47.8 Å². The molecule has 9 heteroatoms. The van der Waals surface area contributed by atoms with Crippen LogP contribution in [-0.4, -0.2) is 56.2 Å². The van der Waals surface area contributed by atoms with E-state index in [-0.39, 0.29) is 12.3 Å². The Labute approximate surface area is 196 Å². The van der Waals surface area contributed by atoms with Crippen LogP contribution in [0.2, 0.25) is 5.02 Å². The average Bonchev–Trinajstić information content (AvgIpc) is 3.26. The van der Waals surface area contributed by atoms with E-state index in [0.717, 1.165) is 40.9 Å². The highest BCUT2D eigenvalue weighted by atomic mass is 35.5. The standard InChI is InChI=1S/C23H25ClN4O3S/c1-30-17-7-8-21(31-2)19(14-17)26-23-25-16(15-32-23)13-22(29)28-11-9-27(10-12-28)20-6-4-3-5-18(20)24/h3-8,14-15H,9-13H2,1-2H3,(H,25,26). The zero-order valence-electron chi connectivity index (χ0n) is 18.0. The minimum Gasteiger partial charge on any atom is -0.497 e. The second kappa shape index (κ2) is 10.1. The molecule has 2 heterocycles. The van der Waals surface area contributed by atoms with E-state index in [1.54, 1.807) is 14.2 Å². The van der Waals surface area contributed by atoms with Crippen molar-refractivity contribution in [2.24, 2.45) is 0 Å². The maximum absolute atomic E-state index is 12.8. The predicted molar refractivity (Wildman–Crippen MR) is 129 cm³/mol. The molecule has 1 aliphatic rings. The number of anilines is 3. The Bertz CT molecular complexity index is 1080. The summed E-state index contributed by atoms with van der Waals surface area (Å²) in [6.45, 7) is 2.85. The largest absolute Gasteiger partial charge is 0.497 e. The summed E-state index contributed by atoms with van der Waals surface area (Å²) in [4.78, 5) is 21.5. The average molecular weight is 473 g/mol. The van der Waals surface area contributed by atoms with Gasteiger partial charge in [-0.2, -0.15) is 0 Å². The van der Waals surface area contributed by atoms with Gasteiger partial charge in [-0.3, -0.25) is 4.79 Å². The lowest BCUT2D eigenvalue weighted by molar-refractivity contribution is -0.130. The molecule has 0 bridgehead atoms. The number of methoxy groups -OCH3 is 2. The molecule has 1 amide bonds. The van der Waals surface area contributed by atoms with Gasteiger partial charge >= 0.3 is 0 Å². The Kier molecular flexibility index (Phi) is 7.02. The lowest BCUT2D eigenvalue weighted by Gasteiger charge is -2.36. The minimum atomic E-state index is 0.0830. The predicted octanol–water partition coefficient (Wildman–Crippen LogP) is 4.45. The Hall–Kier alpha value is -2.97. The van der Waals surface area contributed by atoms with Gasteiger partial charge in [-0.15, -0.1) is 11.3 Å². The third-order valence-corrected chi connectivity index (χ3v) is 6.48. The van der Waals surface area contributed by atoms with Crippen LogP contribution in [0.1, 0.15) is 5.69 Å². The fourth-order valence-electron chi connectivity index (χ4n) is 3.64. The topological polar surface area (TPSA) is 66.9 Å². The third kappa shape index (κ3) is 5.08. The molecule has 3 aromatic rings. The number of nitrogens with one attached hydrogen (secondary N) is 1. The van der Waals surface area contributed by atoms with Gasteiger partial charge in [-0.1, -0.05) is 23.7 Å². The van der Waals surface area contributed by atoms with Crippen molar-refractivity contribution < 1.29 is 14.3 Å². The molecule has 32 heavy (non-hydrogen) atoms. The molecule has 1 N–H and O–H groups in total. The van der Waals surface area contributed by atoms with Gasteiger partial charge in [0, 0.05) is 37.6 Å². The van der Waals surface area contributed by atoms with E-state index in [1.165, 1.54) is 11.3 Å². The highest BCUT2D eigenvalue weighted by molar-refractivity contribution is 7.13. The van der Waals surface area contributed by atoms with Crippen molar-refractivity contribution in [3.8, 4) is 11.5 Å². The van der Waals surface area contributed by atoms with Crippen molar-refractivity contribution in [1.82, 2.24) is 9.88 Å². The SMILES string of the molecule is COc1ccc(OC)c(Nc2nc(CC(=O)N3CCN(c4ccccc4Cl)CC3)cs2)c1. The van der Waals surface area contributed by atoms with Crippen LogP contribution in [0.3, 0.4) is 0 Å². The molecule has 0 spiro atoms. The number of aromatic nitrogens is 1. The van der Waals surface area contributed by atoms with E-state index in [2.05, 4.69) is 15.2 Å². The zero-order chi connectivity index (χ0) is 22.5. The molecule has 1 fully saturated rings. The molecule has 1 aromatic heterocycles. The summed E-state index contributed by atoms with van der Waals surface area (Å²) in [5.74, 6) is 1.49. The Morgan fingerprint density at radius 3 is 2.62 bits per heavy atom. The first-order valence-corrected chi connectivity index (χ1v) is 11.5. The van der Waals surface area contributed by atoms with Gasteiger partial charge in [0.15, 0.2) is 5.13 Å². The Morgan fingerprint density at radius 2 is 1.91 bits per heavy atom. The van der Waals surface area contributed by atoms with E-state index in [9.17, 15) is 4.79 Å². The molecule has 0 unspecified atom stereocenters. The second-order valence-corrected chi connectivity index (χ2v) is 8.60. The van der Waals surface area contributed by atoms with E-state index in [1.807, 2.05) is 52.7 Å². The molecule has 1 aliphatic heterocycles. The Morgan fingerprint density at radius 1 is 1.12 bits per heavy atom. The fraction of sp³-hybridized carbons (Fsp3) is 0.304. The van der Waals surface area contributed by atoms with E-state index in [4.69, 9.17) is 21.1 Å². The summed E-state index contributed by atoms with van der Waals surface area (Å²) in [6, 6.07) is 13.3. The number of halogens is 1. The second-order valence-electron chi connectivity index (χ2n) is 7.33. The van der Waals surface area contributed by atoms with Gasteiger partial charge in [-0.05, 0) is 24.3 Å². The van der Waals surface area contributed by atoms with Gasteiger partial charge in [0.2, 0.25) is 5.91 Å². The van der Waals surface area contributed by atoms with E-state index < -0.39 is 0 Å². The van der Waals surface area contributed by atoms with Crippen LogP contribution in [0.25, 0.3) is 0 Å². The number of carbonyl (C=O) groups is 1. The lowest BCUT2D eigenvalue weighted by atomic mass is 10.2. The number of thiazole rings is 1. The number of ether oxygens (including phenoxy) is 2. The van der Waals surface area contributed by atoms with Gasteiger partial charge < -0.3 is 24.6 Å². The van der Waals surface area contributed by atoms with Gasteiger partial charge in [0.1, 0.15) is 11.5 Å². The molecule has 0 saturated carbocycles. The molecule has 7 nitrogen and oxygen atoms in total. The maximum Gasteiger partial charge on any atom is 0.228 e. The Balaban J connectivity index is 1.34. The zero-order valence-corrected chi connectivity index (χ0v) is 19.6. The summed E-state index contributed by atoms with van der Waals surface area (Å²) >= 11 is 7.76. The van der Waals surface area contributed by atoms with Crippen molar-refractivity contribution in [3.05, 3.63) is 58.6 Å². The quantitative estimate of drug-likeness (QED) is 0.548. The minimum absolute atomic E-state index is 0.0830. The number of benzene rings is 2. The van der Waals surface area contributed by atoms with Crippen molar-refractivity contribution in [2.45, 2.75) is 6.42 Å². The van der Waals surface area contributed by atoms with Gasteiger partial charge in [-0.25, -0.2) is 4.98 Å². The number of nitrogens with zero attached hydrogens (tertiary/aromatic N) is 3. The summed E-state index contributed by atoms with van der Waals surface area (Å²) in [6.07, 6.45) is 0.277. The van der Waals surface area contributed by atoms with Crippen LogP contribution in [0, 0.1) is 0 Å². The molecule has 0 aliphatic carbocycles. The van der Waals surface area contributed by atoms with Crippen LogP contribution in [0.4, 0.5) is 16.5 Å². The smallest absolute Gasteiger partial charge is 0.228 e. The normalized spacial score (nSPS) is 13.7. The highest BCUT2D eigenvalue weighted by Crippen LogP contribution is 2.32. The molecule has 0 radical (unpaired) electrons. The summed E-state index contributed by atoms with van der Waals surface area (Å²) in [7, 11) is 3.23. The molecule has 2 aromatic carbocycles. The maximum atomic E-state index is 12.8. The molecule has 4 rings (SSSR count). The first-order chi connectivity index (χ1) is 15.6. The third-order valence-electron chi connectivity index (χ3n) is 5.36. The van der Waals surface area contributed by atoms with Crippen LogP contribution in [-0.2, 0) is 11.2 Å². The number of para-hydroxylation sites is 1. The lowest BCUT2D eigenvalue weighted by Crippen LogP contribution is -2.49. The monoisotopic (exact) mass is 472 g/mol.